The van der Waals surface area contributed by atoms with E-state index in [0.29, 0.717) is 6.42 Å². The van der Waals surface area contributed by atoms with Crippen molar-refractivity contribution < 1.29 is 28.7 Å². The minimum Gasteiger partial charge on any atom is -0.756 e. The number of rotatable bonds is 22. The van der Waals surface area contributed by atoms with Crippen molar-refractivity contribution in [1.82, 2.24) is 0 Å². The summed E-state index contributed by atoms with van der Waals surface area (Å²) >= 11 is 0. The van der Waals surface area contributed by atoms with Gasteiger partial charge in [-0.2, -0.15) is 0 Å². The zero-order valence-corrected chi connectivity index (χ0v) is 18.9. The van der Waals surface area contributed by atoms with Crippen molar-refractivity contribution in [1.29, 1.82) is 0 Å². The van der Waals surface area contributed by atoms with Gasteiger partial charge in [0.15, 0.2) is 0 Å². The summed E-state index contributed by atoms with van der Waals surface area (Å²) in [4.78, 5) is 11.4. The maximum Gasteiger partial charge on any atom is 0.267 e. The van der Waals surface area contributed by atoms with E-state index in [4.69, 9.17) is 14.7 Å². The van der Waals surface area contributed by atoms with E-state index >= 15 is 0 Å². The van der Waals surface area contributed by atoms with Crippen LogP contribution in [0, 0.1) is 0 Å². The number of aliphatic hydroxyl groups excluding tert-OH is 2. The molecule has 0 fully saturated rings. The van der Waals surface area contributed by atoms with Gasteiger partial charge in [0.25, 0.3) is 7.82 Å². The highest BCUT2D eigenvalue weighted by Gasteiger charge is 2.12. The Labute approximate surface area is 172 Å². The molecule has 2 N–H and O–H groups in total. The van der Waals surface area contributed by atoms with Crippen LogP contribution in [-0.4, -0.2) is 36.1 Å². The molecular formula is C21H44O6P-. The lowest BCUT2D eigenvalue weighted by Gasteiger charge is -2.23. The Morgan fingerprint density at radius 3 is 1.54 bits per heavy atom. The second-order valence-corrected chi connectivity index (χ2v) is 9.13. The molecule has 0 aromatic carbocycles. The van der Waals surface area contributed by atoms with Gasteiger partial charge in [0.05, 0.1) is 19.8 Å². The summed E-state index contributed by atoms with van der Waals surface area (Å²) in [6, 6.07) is 0. The van der Waals surface area contributed by atoms with Gasteiger partial charge < -0.3 is 24.2 Å². The fourth-order valence-electron chi connectivity index (χ4n) is 3.09. The minimum atomic E-state index is -4.37. The van der Waals surface area contributed by atoms with E-state index in [2.05, 4.69) is 11.4 Å². The van der Waals surface area contributed by atoms with E-state index in [9.17, 15) is 9.46 Å². The zero-order chi connectivity index (χ0) is 20.9. The molecule has 0 aliphatic rings. The lowest BCUT2D eigenvalue weighted by Crippen LogP contribution is -2.21. The molecule has 0 aromatic rings. The van der Waals surface area contributed by atoms with Crippen molar-refractivity contribution in [3.63, 3.8) is 0 Å². The summed E-state index contributed by atoms with van der Waals surface area (Å²) in [6.07, 6.45) is 19.0. The second-order valence-electron chi connectivity index (χ2n) is 7.72. The first-order valence-electron chi connectivity index (χ1n) is 11.4. The smallest absolute Gasteiger partial charge is 0.267 e. The molecule has 0 aliphatic carbocycles. The Morgan fingerprint density at radius 2 is 1.14 bits per heavy atom. The first kappa shape index (κ1) is 28.0. The third kappa shape index (κ3) is 20.8. The summed E-state index contributed by atoms with van der Waals surface area (Å²) in [5.41, 5.74) is 0. The van der Waals surface area contributed by atoms with Crippen LogP contribution < -0.4 is 4.89 Å². The van der Waals surface area contributed by atoms with Gasteiger partial charge in [-0.1, -0.05) is 103 Å². The number of hydrogen-bond donors (Lipinski definition) is 2. The summed E-state index contributed by atoms with van der Waals surface area (Å²) in [6.45, 7) is 1.35. The van der Waals surface area contributed by atoms with Crippen LogP contribution in [0.25, 0.3) is 0 Å². The van der Waals surface area contributed by atoms with Gasteiger partial charge in [0.1, 0.15) is 6.10 Å². The van der Waals surface area contributed by atoms with Crippen molar-refractivity contribution in [2.45, 2.75) is 116 Å². The molecule has 0 aliphatic heterocycles. The predicted octanol–water partition coefficient (Wildman–Crippen LogP) is 5.10. The SMILES string of the molecule is CCCCCCCCCCCCCCCCCCOP(=O)([O-])OCC(O)CO. The molecule has 28 heavy (non-hydrogen) atoms. The van der Waals surface area contributed by atoms with Crippen LogP contribution >= 0.6 is 7.82 Å². The van der Waals surface area contributed by atoms with Crippen molar-refractivity contribution in [2.24, 2.45) is 0 Å². The highest BCUT2D eigenvalue weighted by Crippen LogP contribution is 2.38. The average molecular weight is 424 g/mol. The Hall–Kier alpha value is 0.0300. The predicted molar refractivity (Wildman–Crippen MR) is 112 cm³/mol. The van der Waals surface area contributed by atoms with Gasteiger partial charge in [0.2, 0.25) is 0 Å². The highest BCUT2D eigenvalue weighted by molar-refractivity contribution is 7.45. The number of phosphoric acid groups is 1. The monoisotopic (exact) mass is 423 g/mol. The summed E-state index contributed by atoms with van der Waals surface area (Å²) in [7, 11) is -4.37. The molecule has 2 atom stereocenters. The van der Waals surface area contributed by atoms with Gasteiger partial charge in [-0.25, -0.2) is 0 Å². The average Bonchev–Trinajstić information content (AvgIpc) is 2.68. The van der Waals surface area contributed by atoms with Crippen LogP contribution in [0.15, 0.2) is 0 Å². The third-order valence-corrected chi connectivity index (χ3v) is 5.85. The Morgan fingerprint density at radius 1 is 0.750 bits per heavy atom. The number of unbranched alkanes of at least 4 members (excludes halogenated alkanes) is 15. The molecule has 0 aromatic heterocycles. The molecule has 170 valence electrons. The van der Waals surface area contributed by atoms with Crippen LogP contribution in [0.4, 0.5) is 0 Å². The van der Waals surface area contributed by atoms with Crippen molar-refractivity contribution in [3.05, 3.63) is 0 Å². The molecule has 2 unspecified atom stereocenters. The number of aliphatic hydroxyl groups is 2. The second kappa shape index (κ2) is 20.3. The van der Waals surface area contributed by atoms with Crippen LogP contribution in [0.5, 0.6) is 0 Å². The molecule has 0 bridgehead atoms. The van der Waals surface area contributed by atoms with E-state index in [0.717, 1.165) is 12.8 Å². The summed E-state index contributed by atoms with van der Waals surface area (Å²) < 4.78 is 20.6. The molecule has 7 heteroatoms. The molecule has 0 spiro atoms. The Balaban J connectivity index is 3.24. The Kier molecular flexibility index (Phi) is 20.3. The zero-order valence-electron chi connectivity index (χ0n) is 18.0. The van der Waals surface area contributed by atoms with E-state index in [1.807, 2.05) is 0 Å². The molecule has 6 nitrogen and oxygen atoms in total. The van der Waals surface area contributed by atoms with Gasteiger partial charge in [-0.3, -0.25) is 4.57 Å². The van der Waals surface area contributed by atoms with Crippen LogP contribution in [0.2, 0.25) is 0 Å². The standard InChI is InChI=1S/C21H45O6P/c1-2-3-4-5-6-7-8-9-10-11-12-13-14-15-16-17-18-26-28(24,25)27-20-21(23)19-22/h21-23H,2-20H2,1H3,(H,24,25)/p-1. The van der Waals surface area contributed by atoms with Gasteiger partial charge >= 0.3 is 0 Å². The van der Waals surface area contributed by atoms with Gasteiger partial charge in [0, 0.05) is 0 Å². The molecule has 0 amide bonds. The van der Waals surface area contributed by atoms with Crippen LogP contribution in [-0.2, 0) is 13.6 Å². The van der Waals surface area contributed by atoms with Gasteiger partial charge in [-0.05, 0) is 6.42 Å². The lowest BCUT2D eigenvalue weighted by atomic mass is 10.0. The lowest BCUT2D eigenvalue weighted by molar-refractivity contribution is -0.227. The number of phosphoric ester groups is 1. The molecular weight excluding hydrogens is 379 g/mol. The quantitative estimate of drug-likeness (QED) is 0.186. The summed E-state index contributed by atoms with van der Waals surface area (Å²) in [5.74, 6) is 0. The van der Waals surface area contributed by atoms with E-state index in [1.165, 1.54) is 83.5 Å². The fourth-order valence-corrected chi connectivity index (χ4v) is 3.88. The Bertz CT molecular complexity index is 367. The molecule has 0 saturated heterocycles. The van der Waals surface area contributed by atoms with Crippen LogP contribution in [0.3, 0.4) is 0 Å². The topological polar surface area (TPSA) is 99.1 Å². The number of hydrogen-bond acceptors (Lipinski definition) is 6. The fraction of sp³-hybridized carbons (Fsp3) is 1.00. The third-order valence-electron chi connectivity index (χ3n) is 4.88. The van der Waals surface area contributed by atoms with E-state index < -0.39 is 27.1 Å². The first-order chi connectivity index (χ1) is 13.5. The molecule has 0 radical (unpaired) electrons. The normalized spacial score (nSPS) is 14.9. The first-order valence-corrected chi connectivity index (χ1v) is 12.9. The molecule has 0 saturated carbocycles. The van der Waals surface area contributed by atoms with Crippen LogP contribution in [0.1, 0.15) is 110 Å². The van der Waals surface area contributed by atoms with Crippen molar-refractivity contribution >= 4 is 7.82 Å². The van der Waals surface area contributed by atoms with Crippen molar-refractivity contribution in [2.75, 3.05) is 19.8 Å². The largest absolute Gasteiger partial charge is 0.756 e. The molecule has 0 rings (SSSR count). The highest BCUT2D eigenvalue weighted by atomic mass is 31.2. The van der Waals surface area contributed by atoms with Gasteiger partial charge in [-0.15, -0.1) is 0 Å². The van der Waals surface area contributed by atoms with E-state index in [1.54, 1.807) is 0 Å². The maximum absolute atomic E-state index is 11.4. The van der Waals surface area contributed by atoms with Crippen molar-refractivity contribution in [3.8, 4) is 0 Å². The summed E-state index contributed by atoms with van der Waals surface area (Å²) in [5, 5.41) is 17.7. The maximum atomic E-state index is 11.4. The van der Waals surface area contributed by atoms with E-state index in [-0.39, 0.29) is 6.61 Å². The minimum absolute atomic E-state index is 0.106. The molecule has 0 heterocycles.